The van der Waals surface area contributed by atoms with E-state index in [4.69, 9.17) is 0 Å². The lowest BCUT2D eigenvalue weighted by Crippen LogP contribution is -2.56. The van der Waals surface area contributed by atoms with Crippen LogP contribution in [0.4, 0.5) is 0 Å². The van der Waals surface area contributed by atoms with Gasteiger partial charge in [-0.15, -0.1) is 11.3 Å². The number of thiophene rings is 1. The largest absolute Gasteiger partial charge is 0.481 e. The Labute approximate surface area is 153 Å². The van der Waals surface area contributed by atoms with Crippen molar-refractivity contribution in [3.63, 3.8) is 0 Å². The minimum absolute atomic E-state index is 0.0789. The number of aromatic nitrogens is 2. The number of H-pyrrole nitrogens is 1. The van der Waals surface area contributed by atoms with Crippen LogP contribution < -0.4 is 5.56 Å². The predicted octanol–water partition coefficient (Wildman–Crippen LogP) is 0.882. The van der Waals surface area contributed by atoms with Crippen molar-refractivity contribution in [3.8, 4) is 0 Å². The summed E-state index contributed by atoms with van der Waals surface area (Å²) in [4.78, 5) is 46.9. The van der Waals surface area contributed by atoms with Gasteiger partial charge in [0.2, 0.25) is 5.91 Å². The first-order valence-corrected chi connectivity index (χ1v) is 9.47. The molecule has 9 heteroatoms. The lowest BCUT2D eigenvalue weighted by Gasteiger charge is -2.45. The van der Waals surface area contributed by atoms with Gasteiger partial charge in [0.25, 0.3) is 5.56 Å². The quantitative estimate of drug-likeness (QED) is 0.824. The van der Waals surface area contributed by atoms with Crippen molar-refractivity contribution >= 4 is 33.4 Å². The number of hydrogen-bond acceptors (Lipinski definition) is 6. The molecule has 2 aliphatic rings. The van der Waals surface area contributed by atoms with Gasteiger partial charge in [0.1, 0.15) is 10.5 Å². The summed E-state index contributed by atoms with van der Waals surface area (Å²) in [6.07, 6.45) is 1.30. The monoisotopic (exact) mass is 376 g/mol. The molecule has 0 saturated carbocycles. The van der Waals surface area contributed by atoms with Gasteiger partial charge in [0.05, 0.1) is 23.5 Å². The van der Waals surface area contributed by atoms with Crippen molar-refractivity contribution in [2.45, 2.75) is 31.3 Å². The third kappa shape index (κ3) is 2.62. The SMILES string of the molecule is CN1C(=O)CC(C(=O)O)C12CCN(Cc1nc3ccsc3c(=O)[nH]1)CC2. The van der Waals surface area contributed by atoms with Crippen LogP contribution in [0.5, 0.6) is 0 Å². The number of amides is 1. The Morgan fingerprint density at radius 1 is 1.42 bits per heavy atom. The summed E-state index contributed by atoms with van der Waals surface area (Å²) in [5.74, 6) is -1.03. The maximum Gasteiger partial charge on any atom is 0.309 e. The Morgan fingerprint density at radius 3 is 2.85 bits per heavy atom. The van der Waals surface area contributed by atoms with Gasteiger partial charge in [-0.2, -0.15) is 0 Å². The first-order valence-electron chi connectivity index (χ1n) is 8.59. The van der Waals surface area contributed by atoms with E-state index in [-0.39, 0.29) is 17.9 Å². The standard InChI is InChI=1S/C17H20N4O4S/c1-20-13(22)8-10(16(24)25)17(20)3-5-21(6-4-17)9-12-18-11-2-7-26-14(11)15(23)19-12/h2,7,10H,3-6,8-9H2,1H3,(H,24,25)(H,18,19,23). The molecule has 2 fully saturated rings. The van der Waals surface area contributed by atoms with Gasteiger partial charge in [0.15, 0.2) is 0 Å². The molecular weight excluding hydrogens is 356 g/mol. The number of aliphatic carboxylic acids is 1. The summed E-state index contributed by atoms with van der Waals surface area (Å²) >= 11 is 1.37. The van der Waals surface area contributed by atoms with Gasteiger partial charge < -0.3 is 15.0 Å². The van der Waals surface area contributed by atoms with Crippen LogP contribution in [0.15, 0.2) is 16.2 Å². The van der Waals surface area contributed by atoms with E-state index in [0.717, 1.165) is 0 Å². The van der Waals surface area contributed by atoms with E-state index >= 15 is 0 Å². The molecule has 0 aromatic carbocycles. The summed E-state index contributed by atoms with van der Waals surface area (Å²) in [5.41, 5.74) is -0.0211. The number of carbonyl (C=O) groups excluding carboxylic acids is 1. The third-order valence-corrected chi connectivity index (χ3v) is 6.73. The van der Waals surface area contributed by atoms with Crippen molar-refractivity contribution in [3.05, 3.63) is 27.6 Å². The van der Waals surface area contributed by atoms with Gasteiger partial charge in [-0.3, -0.25) is 19.3 Å². The van der Waals surface area contributed by atoms with Gasteiger partial charge >= 0.3 is 5.97 Å². The summed E-state index contributed by atoms with van der Waals surface area (Å²) in [6.45, 7) is 1.83. The number of aromatic amines is 1. The Bertz CT molecular complexity index is 928. The van der Waals surface area contributed by atoms with E-state index in [1.54, 1.807) is 11.9 Å². The Morgan fingerprint density at radius 2 is 2.15 bits per heavy atom. The van der Waals surface area contributed by atoms with Crippen molar-refractivity contribution in [1.29, 1.82) is 0 Å². The fourth-order valence-electron chi connectivity index (χ4n) is 4.29. The maximum absolute atomic E-state index is 12.1. The first-order chi connectivity index (χ1) is 12.4. The Kier molecular flexibility index (Phi) is 4.07. The molecule has 8 nitrogen and oxygen atoms in total. The van der Waals surface area contributed by atoms with E-state index in [1.807, 2.05) is 11.4 Å². The number of piperidine rings is 1. The van der Waals surface area contributed by atoms with E-state index < -0.39 is 17.4 Å². The molecule has 2 aromatic heterocycles. The number of carbonyl (C=O) groups is 2. The Hall–Kier alpha value is -2.26. The highest BCUT2D eigenvalue weighted by Gasteiger charge is 2.55. The fraction of sp³-hybridized carbons (Fsp3) is 0.529. The number of hydrogen-bond donors (Lipinski definition) is 2. The zero-order valence-corrected chi connectivity index (χ0v) is 15.2. The van der Waals surface area contributed by atoms with Crippen LogP contribution in [0.25, 0.3) is 10.2 Å². The molecule has 0 aliphatic carbocycles. The van der Waals surface area contributed by atoms with Crippen LogP contribution in [-0.2, 0) is 16.1 Å². The fourth-order valence-corrected chi connectivity index (χ4v) is 5.02. The smallest absolute Gasteiger partial charge is 0.309 e. The number of nitrogens with zero attached hydrogens (tertiary/aromatic N) is 3. The molecule has 0 bridgehead atoms. The second-order valence-corrected chi connectivity index (χ2v) is 7.99. The van der Waals surface area contributed by atoms with Crippen LogP contribution >= 0.6 is 11.3 Å². The lowest BCUT2D eigenvalue weighted by atomic mass is 9.77. The molecule has 1 atom stereocenters. The molecule has 1 spiro atoms. The van der Waals surface area contributed by atoms with Crippen LogP contribution in [0.2, 0.25) is 0 Å². The van der Waals surface area contributed by atoms with Gasteiger partial charge in [0, 0.05) is 26.6 Å². The summed E-state index contributed by atoms with van der Waals surface area (Å²) in [7, 11) is 1.71. The third-order valence-electron chi connectivity index (χ3n) is 5.83. The molecule has 2 N–H and O–H groups in total. The average molecular weight is 376 g/mol. The number of fused-ring (bicyclic) bond motifs is 1. The molecule has 1 unspecified atom stereocenters. The van der Waals surface area contributed by atoms with Crippen molar-refractivity contribution < 1.29 is 14.7 Å². The van der Waals surface area contributed by atoms with Crippen LogP contribution in [0, 0.1) is 5.92 Å². The van der Waals surface area contributed by atoms with Gasteiger partial charge in [-0.05, 0) is 24.3 Å². The molecule has 4 rings (SSSR count). The highest BCUT2D eigenvalue weighted by Crippen LogP contribution is 2.42. The first kappa shape index (κ1) is 17.2. The zero-order chi connectivity index (χ0) is 18.5. The number of likely N-dealkylation sites (tertiary alicyclic amines) is 2. The van der Waals surface area contributed by atoms with Crippen molar-refractivity contribution in [1.82, 2.24) is 19.8 Å². The van der Waals surface area contributed by atoms with E-state index in [1.165, 1.54) is 11.3 Å². The van der Waals surface area contributed by atoms with E-state index in [2.05, 4.69) is 14.9 Å². The lowest BCUT2D eigenvalue weighted by molar-refractivity contribution is -0.146. The number of carboxylic acids is 1. The molecule has 2 aliphatic heterocycles. The minimum atomic E-state index is -0.898. The number of carboxylic acid groups (broad SMARTS) is 1. The maximum atomic E-state index is 12.1. The normalized spacial score (nSPS) is 23.2. The number of nitrogens with one attached hydrogen (secondary N) is 1. The molecule has 4 heterocycles. The molecule has 2 aromatic rings. The predicted molar refractivity (Wildman–Crippen MR) is 96.0 cm³/mol. The topological polar surface area (TPSA) is 107 Å². The summed E-state index contributed by atoms with van der Waals surface area (Å²) in [6, 6.07) is 1.83. The highest BCUT2D eigenvalue weighted by atomic mass is 32.1. The minimum Gasteiger partial charge on any atom is -0.481 e. The van der Waals surface area contributed by atoms with Gasteiger partial charge in [-0.1, -0.05) is 0 Å². The molecule has 0 radical (unpaired) electrons. The summed E-state index contributed by atoms with van der Waals surface area (Å²) in [5, 5.41) is 11.4. The molecule has 138 valence electrons. The number of rotatable bonds is 3. The second-order valence-electron chi connectivity index (χ2n) is 7.08. The molecule has 2 saturated heterocycles. The second kappa shape index (κ2) is 6.17. The van der Waals surface area contributed by atoms with Crippen LogP contribution in [0.1, 0.15) is 25.1 Å². The summed E-state index contributed by atoms with van der Waals surface area (Å²) < 4.78 is 0.627. The highest BCUT2D eigenvalue weighted by molar-refractivity contribution is 7.17. The zero-order valence-electron chi connectivity index (χ0n) is 14.4. The van der Waals surface area contributed by atoms with Crippen molar-refractivity contribution in [2.24, 2.45) is 5.92 Å². The molecular formula is C17H20N4O4S. The van der Waals surface area contributed by atoms with E-state index in [9.17, 15) is 19.5 Å². The molecule has 1 amide bonds. The molecule has 26 heavy (non-hydrogen) atoms. The van der Waals surface area contributed by atoms with Crippen molar-refractivity contribution in [2.75, 3.05) is 20.1 Å². The van der Waals surface area contributed by atoms with Crippen LogP contribution in [0.3, 0.4) is 0 Å². The van der Waals surface area contributed by atoms with Crippen LogP contribution in [-0.4, -0.2) is 62.4 Å². The Balaban J connectivity index is 1.50. The van der Waals surface area contributed by atoms with E-state index in [0.29, 0.717) is 48.5 Å². The average Bonchev–Trinajstić information content (AvgIpc) is 3.16. The van der Waals surface area contributed by atoms with Gasteiger partial charge in [-0.25, -0.2) is 4.98 Å².